The normalized spacial score (nSPS) is 13.3. The first kappa shape index (κ1) is 20.2. The van der Waals surface area contributed by atoms with Gasteiger partial charge < -0.3 is 0 Å². The minimum atomic E-state index is -0.128. The molecule has 1 N–H and O–H groups in total. The van der Waals surface area contributed by atoms with E-state index in [4.69, 9.17) is 0 Å². The van der Waals surface area contributed by atoms with Gasteiger partial charge in [0.05, 0.1) is 5.75 Å². The molecule has 0 fully saturated rings. The number of thiophene rings is 1. The summed E-state index contributed by atoms with van der Waals surface area (Å²) in [6.45, 7) is 6.49. The zero-order chi connectivity index (χ0) is 20.2. The standard InChI is InChI=1S/C19H22N6OS3/c1-3-9-25-17(13-10-27-14-8-6-5-7-12(13)14)22-24-19(25)28-11-15(26)20-18-23-21-16(4-2)29-18/h3,10H,1,4-9,11H2,2H3,(H,20,23,26). The number of anilines is 1. The molecule has 0 atom stereocenters. The molecule has 1 aliphatic carbocycles. The Balaban J connectivity index is 1.48. The van der Waals surface area contributed by atoms with E-state index in [-0.39, 0.29) is 11.7 Å². The molecular weight excluding hydrogens is 424 g/mol. The number of amides is 1. The van der Waals surface area contributed by atoms with Crippen molar-refractivity contribution in [2.75, 3.05) is 11.1 Å². The van der Waals surface area contributed by atoms with Crippen LogP contribution in [0.4, 0.5) is 5.13 Å². The summed E-state index contributed by atoms with van der Waals surface area (Å²) >= 11 is 4.59. The third-order valence-corrected chi connectivity index (χ3v) is 7.72. The summed E-state index contributed by atoms with van der Waals surface area (Å²) in [5.41, 5.74) is 2.59. The number of hydrogen-bond acceptors (Lipinski definition) is 8. The molecule has 3 aromatic rings. The van der Waals surface area contributed by atoms with Crippen LogP contribution in [0.5, 0.6) is 0 Å². The Labute approximate surface area is 181 Å². The van der Waals surface area contributed by atoms with Crippen molar-refractivity contribution in [1.82, 2.24) is 25.0 Å². The first-order valence-corrected chi connectivity index (χ1v) is 12.3. The second-order valence-electron chi connectivity index (χ2n) is 6.66. The van der Waals surface area contributed by atoms with Gasteiger partial charge in [-0.3, -0.25) is 14.7 Å². The SMILES string of the molecule is C=CCn1c(SCC(=O)Nc2nnc(CC)s2)nnc1-c1csc2c1CCCC2. The number of carbonyl (C=O) groups excluding carboxylic acids is 1. The fourth-order valence-electron chi connectivity index (χ4n) is 3.30. The molecule has 3 aromatic heterocycles. The maximum Gasteiger partial charge on any atom is 0.236 e. The molecule has 1 amide bonds. The monoisotopic (exact) mass is 446 g/mol. The van der Waals surface area contributed by atoms with Gasteiger partial charge in [-0.15, -0.1) is 38.3 Å². The molecule has 152 valence electrons. The molecule has 0 radical (unpaired) electrons. The fraction of sp³-hybridized carbons (Fsp3) is 0.421. The number of nitrogens with one attached hydrogen (secondary N) is 1. The van der Waals surface area contributed by atoms with Crippen LogP contribution in [-0.2, 0) is 30.6 Å². The van der Waals surface area contributed by atoms with E-state index in [1.807, 2.05) is 28.9 Å². The Bertz CT molecular complexity index is 1020. The summed E-state index contributed by atoms with van der Waals surface area (Å²) in [7, 11) is 0. The lowest BCUT2D eigenvalue weighted by Gasteiger charge is -2.13. The minimum Gasteiger partial charge on any atom is -0.300 e. The molecule has 10 heteroatoms. The molecule has 0 aromatic carbocycles. The molecule has 0 spiro atoms. The van der Waals surface area contributed by atoms with Crippen LogP contribution < -0.4 is 5.32 Å². The average Bonchev–Trinajstić information content (AvgIpc) is 3.45. The van der Waals surface area contributed by atoms with Crippen molar-refractivity contribution in [3.63, 3.8) is 0 Å². The van der Waals surface area contributed by atoms with Crippen molar-refractivity contribution in [3.8, 4) is 11.4 Å². The van der Waals surface area contributed by atoms with Crippen LogP contribution in [0.1, 0.15) is 35.2 Å². The van der Waals surface area contributed by atoms with Gasteiger partial charge in [-0.1, -0.05) is 36.1 Å². The molecule has 0 saturated carbocycles. The van der Waals surface area contributed by atoms with Crippen molar-refractivity contribution < 1.29 is 4.79 Å². The highest BCUT2D eigenvalue weighted by Gasteiger charge is 2.22. The Morgan fingerprint density at radius 3 is 2.97 bits per heavy atom. The van der Waals surface area contributed by atoms with Gasteiger partial charge in [-0.25, -0.2) is 0 Å². The molecule has 29 heavy (non-hydrogen) atoms. The predicted octanol–water partition coefficient (Wildman–Crippen LogP) is 4.22. The smallest absolute Gasteiger partial charge is 0.236 e. The number of fused-ring (bicyclic) bond motifs is 1. The predicted molar refractivity (Wildman–Crippen MR) is 119 cm³/mol. The third-order valence-electron chi connectivity index (χ3n) is 4.68. The molecule has 0 aliphatic heterocycles. The van der Waals surface area contributed by atoms with Crippen LogP contribution >= 0.6 is 34.4 Å². The topological polar surface area (TPSA) is 85.6 Å². The molecule has 7 nitrogen and oxygen atoms in total. The Morgan fingerprint density at radius 2 is 2.17 bits per heavy atom. The van der Waals surface area contributed by atoms with Crippen LogP contribution in [0.15, 0.2) is 23.2 Å². The Morgan fingerprint density at radius 1 is 1.31 bits per heavy atom. The number of allylic oxidation sites excluding steroid dienone is 1. The molecule has 4 rings (SSSR count). The number of hydrogen-bond donors (Lipinski definition) is 1. The lowest BCUT2D eigenvalue weighted by atomic mass is 9.95. The largest absolute Gasteiger partial charge is 0.300 e. The van der Waals surface area contributed by atoms with E-state index in [9.17, 15) is 4.79 Å². The molecule has 0 bridgehead atoms. The number of aromatic nitrogens is 5. The van der Waals surface area contributed by atoms with Gasteiger partial charge in [0.1, 0.15) is 5.01 Å². The first-order chi connectivity index (χ1) is 14.2. The van der Waals surface area contributed by atoms with Crippen LogP contribution in [0.25, 0.3) is 11.4 Å². The van der Waals surface area contributed by atoms with Crippen LogP contribution in [0.3, 0.4) is 0 Å². The molecule has 1 aliphatic rings. The third kappa shape index (κ3) is 4.44. The number of nitrogens with zero attached hydrogens (tertiary/aromatic N) is 5. The fourth-order valence-corrected chi connectivity index (χ4v) is 5.87. The molecular formula is C19H22N6OS3. The summed E-state index contributed by atoms with van der Waals surface area (Å²) in [5, 5.41) is 24.0. The van der Waals surface area contributed by atoms with Crippen molar-refractivity contribution in [2.45, 2.75) is 50.7 Å². The number of carbonyl (C=O) groups is 1. The highest BCUT2D eigenvalue weighted by molar-refractivity contribution is 7.99. The van der Waals surface area contributed by atoms with E-state index < -0.39 is 0 Å². The quantitative estimate of drug-likeness (QED) is 0.412. The van der Waals surface area contributed by atoms with Crippen molar-refractivity contribution in [3.05, 3.63) is 33.5 Å². The average molecular weight is 447 g/mol. The van der Waals surface area contributed by atoms with E-state index in [1.54, 1.807) is 0 Å². The van der Waals surface area contributed by atoms with E-state index in [1.165, 1.54) is 51.9 Å². The van der Waals surface area contributed by atoms with Gasteiger partial charge in [-0.05, 0) is 37.7 Å². The number of rotatable bonds is 8. The van der Waals surface area contributed by atoms with Crippen molar-refractivity contribution in [1.29, 1.82) is 0 Å². The lowest BCUT2D eigenvalue weighted by Crippen LogP contribution is -2.14. The summed E-state index contributed by atoms with van der Waals surface area (Å²) in [5.74, 6) is 0.971. The summed E-state index contributed by atoms with van der Waals surface area (Å²) < 4.78 is 2.04. The van der Waals surface area contributed by atoms with Gasteiger partial charge in [-0.2, -0.15) is 0 Å². The van der Waals surface area contributed by atoms with Crippen molar-refractivity contribution >= 4 is 45.5 Å². The molecule has 3 heterocycles. The van der Waals surface area contributed by atoms with E-state index >= 15 is 0 Å². The number of aryl methyl sites for hydroxylation is 2. The Kier molecular flexibility index (Phi) is 6.41. The molecule has 0 saturated heterocycles. The van der Waals surface area contributed by atoms with E-state index in [2.05, 4.69) is 37.7 Å². The van der Waals surface area contributed by atoms with Gasteiger partial charge in [0.25, 0.3) is 0 Å². The second-order valence-corrected chi connectivity index (χ2v) is 9.62. The van der Waals surface area contributed by atoms with Crippen LogP contribution in [-0.4, -0.2) is 36.6 Å². The first-order valence-electron chi connectivity index (χ1n) is 9.58. The summed E-state index contributed by atoms with van der Waals surface area (Å²) in [6, 6.07) is 0. The van der Waals surface area contributed by atoms with Crippen LogP contribution in [0.2, 0.25) is 0 Å². The van der Waals surface area contributed by atoms with E-state index in [0.717, 1.165) is 35.3 Å². The van der Waals surface area contributed by atoms with Gasteiger partial charge in [0.2, 0.25) is 11.0 Å². The second kappa shape index (κ2) is 9.19. The minimum absolute atomic E-state index is 0.128. The van der Waals surface area contributed by atoms with Gasteiger partial charge in [0, 0.05) is 22.4 Å². The Hall–Kier alpha value is -2.04. The maximum absolute atomic E-state index is 12.3. The lowest BCUT2D eigenvalue weighted by molar-refractivity contribution is -0.113. The van der Waals surface area contributed by atoms with Gasteiger partial charge >= 0.3 is 0 Å². The molecule has 0 unspecified atom stereocenters. The highest BCUT2D eigenvalue weighted by Crippen LogP contribution is 2.36. The zero-order valence-corrected chi connectivity index (χ0v) is 18.6. The summed E-state index contributed by atoms with van der Waals surface area (Å²) in [4.78, 5) is 13.8. The summed E-state index contributed by atoms with van der Waals surface area (Å²) in [6.07, 6.45) is 7.38. The van der Waals surface area contributed by atoms with Crippen molar-refractivity contribution in [2.24, 2.45) is 0 Å². The van der Waals surface area contributed by atoms with E-state index in [0.29, 0.717) is 11.7 Å². The maximum atomic E-state index is 12.3. The van der Waals surface area contributed by atoms with Crippen LogP contribution in [0, 0.1) is 0 Å². The number of thioether (sulfide) groups is 1. The zero-order valence-electron chi connectivity index (χ0n) is 16.2. The van der Waals surface area contributed by atoms with Gasteiger partial charge in [0.15, 0.2) is 11.0 Å². The highest BCUT2D eigenvalue weighted by atomic mass is 32.2.